The van der Waals surface area contributed by atoms with Gasteiger partial charge in [0.1, 0.15) is 5.82 Å². The van der Waals surface area contributed by atoms with Gasteiger partial charge in [-0.3, -0.25) is 9.69 Å². The van der Waals surface area contributed by atoms with E-state index in [1.165, 1.54) is 11.8 Å². The summed E-state index contributed by atoms with van der Waals surface area (Å²) in [5, 5.41) is 0. The van der Waals surface area contributed by atoms with Crippen molar-refractivity contribution >= 4 is 5.91 Å². The van der Waals surface area contributed by atoms with Crippen LogP contribution in [0.4, 0.5) is 4.39 Å². The number of fused-ring (bicyclic) bond motifs is 1. The minimum absolute atomic E-state index is 0.0541. The van der Waals surface area contributed by atoms with Crippen molar-refractivity contribution in [3.8, 4) is 0 Å². The van der Waals surface area contributed by atoms with Gasteiger partial charge < -0.3 is 14.2 Å². The number of halogens is 1. The third-order valence-electron chi connectivity index (χ3n) is 6.05. The van der Waals surface area contributed by atoms with E-state index in [0.29, 0.717) is 18.4 Å². The molecular weight excluding hydrogens is 359 g/mol. The van der Waals surface area contributed by atoms with Gasteiger partial charge in [0.15, 0.2) is 0 Å². The zero-order valence-electron chi connectivity index (χ0n) is 16.4. The van der Waals surface area contributed by atoms with Crippen molar-refractivity contribution < 1.29 is 13.9 Å². The van der Waals surface area contributed by atoms with Gasteiger partial charge in [0, 0.05) is 58.9 Å². The maximum atomic E-state index is 13.8. The topological polar surface area (TPSA) is 50.6 Å². The smallest absolute Gasteiger partial charge is 0.219 e. The number of imidazole rings is 1. The van der Waals surface area contributed by atoms with Gasteiger partial charge in [-0.1, -0.05) is 12.1 Å². The highest BCUT2D eigenvalue weighted by atomic mass is 19.1. The van der Waals surface area contributed by atoms with Crippen LogP contribution in [0.5, 0.6) is 0 Å². The van der Waals surface area contributed by atoms with Crippen LogP contribution >= 0.6 is 0 Å². The van der Waals surface area contributed by atoms with E-state index in [0.717, 1.165) is 38.3 Å². The monoisotopic (exact) mass is 386 g/mol. The zero-order valence-corrected chi connectivity index (χ0v) is 16.4. The molecule has 2 saturated heterocycles. The lowest BCUT2D eigenvalue weighted by Crippen LogP contribution is -2.34. The molecule has 2 aliphatic heterocycles. The fraction of sp³-hybridized carbons (Fsp3) is 0.524. The molecule has 4 rings (SSSR count). The van der Waals surface area contributed by atoms with Gasteiger partial charge in [0.05, 0.1) is 24.7 Å². The van der Waals surface area contributed by atoms with Gasteiger partial charge in [-0.15, -0.1) is 0 Å². The largest absolute Gasteiger partial charge is 0.383 e. The highest BCUT2D eigenvalue weighted by Gasteiger charge is 2.48. The fourth-order valence-corrected chi connectivity index (χ4v) is 4.81. The number of ether oxygens (including phenoxy) is 1. The molecule has 0 radical (unpaired) electrons. The predicted molar refractivity (Wildman–Crippen MR) is 103 cm³/mol. The van der Waals surface area contributed by atoms with Gasteiger partial charge in [0.2, 0.25) is 5.91 Å². The summed E-state index contributed by atoms with van der Waals surface area (Å²) in [4.78, 5) is 20.9. The third kappa shape index (κ3) is 3.69. The van der Waals surface area contributed by atoms with E-state index in [-0.39, 0.29) is 17.8 Å². The standard InChI is InChI=1S/C21H27FN4O2/c1-15(27)26-11-17-10-24(12-19-9-23-14-25(19)6-7-28-2)13-20(17)21(26)16-4-3-5-18(22)8-16/h3-5,8-9,14,17,20-21H,6-7,10-13H2,1-2H3/t17-,20-,21+/m1/s1. The van der Waals surface area contributed by atoms with Crippen molar-refractivity contribution in [3.63, 3.8) is 0 Å². The number of hydrogen-bond acceptors (Lipinski definition) is 4. The van der Waals surface area contributed by atoms with Crippen molar-refractivity contribution in [2.45, 2.75) is 26.1 Å². The Labute approximate surface area is 164 Å². The van der Waals surface area contributed by atoms with Crippen LogP contribution in [0.15, 0.2) is 36.8 Å². The fourth-order valence-electron chi connectivity index (χ4n) is 4.81. The van der Waals surface area contributed by atoms with E-state index in [2.05, 4.69) is 14.5 Å². The summed E-state index contributed by atoms with van der Waals surface area (Å²) in [6.45, 7) is 6.45. The Bertz CT molecular complexity index is 839. The molecule has 1 aromatic heterocycles. The Kier molecular flexibility index (Phi) is 5.46. The average Bonchev–Trinajstić information content (AvgIpc) is 3.34. The van der Waals surface area contributed by atoms with Crippen LogP contribution in [0, 0.1) is 17.7 Å². The lowest BCUT2D eigenvalue weighted by Gasteiger charge is -2.29. The lowest BCUT2D eigenvalue weighted by atomic mass is 9.89. The average molecular weight is 386 g/mol. The van der Waals surface area contributed by atoms with E-state index in [4.69, 9.17) is 4.74 Å². The van der Waals surface area contributed by atoms with Crippen LogP contribution in [0.1, 0.15) is 24.2 Å². The summed E-state index contributed by atoms with van der Waals surface area (Å²) in [5.74, 6) is 0.544. The molecule has 2 aliphatic rings. The Morgan fingerprint density at radius 1 is 1.32 bits per heavy atom. The molecule has 0 saturated carbocycles. The number of benzene rings is 1. The van der Waals surface area contributed by atoms with E-state index >= 15 is 0 Å². The van der Waals surface area contributed by atoms with Gasteiger partial charge >= 0.3 is 0 Å². The molecule has 1 aromatic carbocycles. The van der Waals surface area contributed by atoms with Crippen LogP contribution in [-0.2, 0) is 22.6 Å². The molecule has 0 aliphatic carbocycles. The maximum absolute atomic E-state index is 13.8. The van der Waals surface area contributed by atoms with E-state index in [1.807, 2.05) is 23.5 Å². The van der Waals surface area contributed by atoms with Crippen LogP contribution in [0.2, 0.25) is 0 Å². The molecule has 2 aromatic rings. The number of nitrogens with zero attached hydrogens (tertiary/aromatic N) is 4. The Morgan fingerprint density at radius 3 is 2.93 bits per heavy atom. The second-order valence-electron chi connectivity index (χ2n) is 7.86. The number of rotatable bonds is 6. The summed E-state index contributed by atoms with van der Waals surface area (Å²) in [5.41, 5.74) is 2.07. The Balaban J connectivity index is 1.50. The number of aromatic nitrogens is 2. The van der Waals surface area contributed by atoms with E-state index in [9.17, 15) is 9.18 Å². The highest BCUT2D eigenvalue weighted by molar-refractivity contribution is 5.74. The van der Waals surface area contributed by atoms with E-state index < -0.39 is 0 Å². The minimum atomic E-state index is -0.249. The summed E-state index contributed by atoms with van der Waals surface area (Å²) < 4.78 is 21.1. The number of carbonyl (C=O) groups is 1. The van der Waals surface area contributed by atoms with Crippen LogP contribution in [0.3, 0.4) is 0 Å². The lowest BCUT2D eigenvalue weighted by molar-refractivity contribution is -0.130. The maximum Gasteiger partial charge on any atom is 0.219 e. The van der Waals surface area contributed by atoms with Crippen LogP contribution in [0.25, 0.3) is 0 Å². The Morgan fingerprint density at radius 2 is 2.18 bits per heavy atom. The number of likely N-dealkylation sites (tertiary alicyclic amines) is 2. The summed E-state index contributed by atoms with van der Waals surface area (Å²) in [6, 6.07) is 6.65. The molecule has 3 heterocycles. The number of carbonyl (C=O) groups excluding carboxylic acids is 1. The summed E-state index contributed by atoms with van der Waals surface area (Å²) in [6.07, 6.45) is 3.76. The van der Waals surface area contributed by atoms with Gasteiger partial charge in [-0.2, -0.15) is 0 Å². The summed E-state index contributed by atoms with van der Waals surface area (Å²) in [7, 11) is 1.70. The third-order valence-corrected chi connectivity index (χ3v) is 6.05. The first-order chi connectivity index (χ1) is 13.6. The zero-order chi connectivity index (χ0) is 19.7. The first-order valence-corrected chi connectivity index (χ1v) is 9.79. The molecule has 28 heavy (non-hydrogen) atoms. The molecule has 0 unspecified atom stereocenters. The normalized spacial score (nSPS) is 24.7. The molecule has 2 fully saturated rings. The van der Waals surface area contributed by atoms with Crippen molar-refractivity contribution in [3.05, 3.63) is 53.9 Å². The second-order valence-corrected chi connectivity index (χ2v) is 7.86. The number of methoxy groups -OCH3 is 1. The van der Waals surface area contributed by atoms with Crippen molar-refractivity contribution in [1.29, 1.82) is 0 Å². The van der Waals surface area contributed by atoms with Gasteiger partial charge in [-0.05, 0) is 23.6 Å². The van der Waals surface area contributed by atoms with E-state index in [1.54, 1.807) is 26.2 Å². The molecule has 0 N–H and O–H groups in total. The molecule has 7 heteroatoms. The molecule has 150 valence electrons. The van der Waals surface area contributed by atoms with Crippen molar-refractivity contribution in [2.24, 2.45) is 11.8 Å². The van der Waals surface area contributed by atoms with Crippen LogP contribution in [-0.4, -0.2) is 58.6 Å². The second kappa shape index (κ2) is 8.01. The van der Waals surface area contributed by atoms with Crippen molar-refractivity contribution in [1.82, 2.24) is 19.4 Å². The predicted octanol–water partition coefficient (Wildman–Crippen LogP) is 2.32. The molecule has 0 bridgehead atoms. The molecule has 0 spiro atoms. The SMILES string of the molecule is COCCn1cncc1CN1C[C@@H]2CN(C(C)=O)[C@@H](c3cccc(F)c3)[C@@H]2C1. The van der Waals surface area contributed by atoms with Gasteiger partial charge in [0.25, 0.3) is 0 Å². The molecule has 6 nitrogen and oxygen atoms in total. The van der Waals surface area contributed by atoms with Crippen molar-refractivity contribution in [2.75, 3.05) is 33.4 Å². The highest BCUT2D eigenvalue weighted by Crippen LogP contribution is 2.45. The number of amides is 1. The van der Waals surface area contributed by atoms with Gasteiger partial charge in [-0.25, -0.2) is 9.37 Å². The van der Waals surface area contributed by atoms with Crippen LogP contribution < -0.4 is 0 Å². The summed E-state index contributed by atoms with van der Waals surface area (Å²) >= 11 is 0. The molecule has 3 atom stereocenters. The minimum Gasteiger partial charge on any atom is -0.383 e. The first-order valence-electron chi connectivity index (χ1n) is 9.79. The Hall–Kier alpha value is -2.25. The number of hydrogen-bond donors (Lipinski definition) is 0. The molecule has 1 amide bonds. The first kappa shape index (κ1) is 19.1. The molecular formula is C21H27FN4O2. The quantitative estimate of drug-likeness (QED) is 0.765.